The Hall–Kier alpha value is -1.54. The van der Waals surface area contributed by atoms with Crippen LogP contribution in [-0.4, -0.2) is 9.97 Å². The Morgan fingerprint density at radius 3 is 2.79 bits per heavy atom. The lowest BCUT2D eigenvalue weighted by molar-refractivity contribution is 1.41. The van der Waals surface area contributed by atoms with E-state index in [1.807, 2.05) is 30.3 Å². The highest BCUT2D eigenvalue weighted by Crippen LogP contribution is 2.24. The first-order valence-electron chi connectivity index (χ1n) is 4.37. The molecule has 2 heterocycles. The molecule has 14 heavy (non-hydrogen) atoms. The monoisotopic (exact) mass is 202 g/mol. The second-order valence-corrected chi connectivity index (χ2v) is 3.59. The topological polar surface area (TPSA) is 28.7 Å². The molecule has 0 aliphatic rings. The van der Waals surface area contributed by atoms with Gasteiger partial charge in [0.15, 0.2) is 0 Å². The summed E-state index contributed by atoms with van der Waals surface area (Å²) in [6.45, 7) is 0. The predicted molar refractivity (Wildman–Crippen MR) is 58.6 cm³/mol. The van der Waals surface area contributed by atoms with Crippen molar-refractivity contribution in [2.45, 2.75) is 0 Å². The van der Waals surface area contributed by atoms with Gasteiger partial charge in [-0.1, -0.05) is 29.8 Å². The molecule has 0 saturated carbocycles. The van der Waals surface area contributed by atoms with Gasteiger partial charge in [-0.3, -0.25) is 0 Å². The maximum absolute atomic E-state index is 5.85. The van der Waals surface area contributed by atoms with Crippen molar-refractivity contribution in [2.24, 2.45) is 0 Å². The largest absolute Gasteiger partial charge is 0.353 e. The second-order valence-electron chi connectivity index (χ2n) is 3.20. The molecule has 3 rings (SSSR count). The van der Waals surface area contributed by atoms with Crippen molar-refractivity contribution >= 4 is 33.5 Å². The van der Waals surface area contributed by atoms with Crippen molar-refractivity contribution < 1.29 is 0 Å². The van der Waals surface area contributed by atoms with Crippen LogP contribution < -0.4 is 0 Å². The van der Waals surface area contributed by atoms with Gasteiger partial charge in [0.05, 0.1) is 11.0 Å². The zero-order chi connectivity index (χ0) is 9.54. The fourth-order valence-corrected chi connectivity index (χ4v) is 1.83. The van der Waals surface area contributed by atoms with Crippen LogP contribution in [0.5, 0.6) is 0 Å². The molecule has 2 aromatic heterocycles. The smallest absolute Gasteiger partial charge is 0.129 e. The number of hydrogen-bond acceptors (Lipinski definition) is 1. The fourth-order valence-electron chi connectivity index (χ4n) is 1.69. The highest BCUT2D eigenvalue weighted by atomic mass is 35.5. The quantitative estimate of drug-likeness (QED) is 0.557. The van der Waals surface area contributed by atoms with Gasteiger partial charge in [-0.15, -0.1) is 0 Å². The minimum Gasteiger partial charge on any atom is -0.353 e. The Bertz CT molecular complexity index is 613. The Labute approximate surface area is 85.5 Å². The summed E-state index contributed by atoms with van der Waals surface area (Å²) in [5.41, 5.74) is 3.06. The molecule has 0 amide bonds. The Morgan fingerprint density at radius 1 is 1.00 bits per heavy atom. The van der Waals surface area contributed by atoms with E-state index in [0.29, 0.717) is 5.15 Å². The van der Waals surface area contributed by atoms with Gasteiger partial charge in [0, 0.05) is 10.9 Å². The second kappa shape index (κ2) is 2.72. The van der Waals surface area contributed by atoms with Gasteiger partial charge in [-0.25, -0.2) is 4.98 Å². The molecule has 68 valence electrons. The summed E-state index contributed by atoms with van der Waals surface area (Å²) in [4.78, 5) is 7.58. The summed E-state index contributed by atoms with van der Waals surface area (Å²) in [5, 5.41) is 1.65. The summed E-state index contributed by atoms with van der Waals surface area (Å²) in [7, 11) is 0. The molecule has 3 heteroatoms. The Kier molecular flexibility index (Phi) is 1.52. The molecule has 0 atom stereocenters. The Morgan fingerprint density at radius 2 is 1.86 bits per heavy atom. The summed E-state index contributed by atoms with van der Waals surface area (Å²) in [6, 6.07) is 11.8. The van der Waals surface area contributed by atoms with Crippen LogP contribution in [-0.2, 0) is 0 Å². The summed E-state index contributed by atoms with van der Waals surface area (Å²) in [6.07, 6.45) is 0. The van der Waals surface area contributed by atoms with Gasteiger partial charge in [0.1, 0.15) is 5.15 Å². The highest BCUT2D eigenvalue weighted by Gasteiger charge is 2.04. The molecule has 0 radical (unpaired) electrons. The predicted octanol–water partition coefficient (Wildman–Crippen LogP) is 3.37. The highest BCUT2D eigenvalue weighted by molar-refractivity contribution is 6.30. The van der Waals surface area contributed by atoms with Crippen LogP contribution in [0, 0.1) is 0 Å². The van der Waals surface area contributed by atoms with E-state index >= 15 is 0 Å². The average Bonchev–Trinajstić information content (AvgIpc) is 2.56. The first-order valence-corrected chi connectivity index (χ1v) is 4.75. The molecular weight excluding hydrogens is 196 g/mol. The van der Waals surface area contributed by atoms with Crippen LogP contribution in [0.25, 0.3) is 21.9 Å². The minimum atomic E-state index is 0.530. The van der Waals surface area contributed by atoms with Crippen molar-refractivity contribution in [3.05, 3.63) is 41.6 Å². The van der Waals surface area contributed by atoms with E-state index in [1.54, 1.807) is 6.07 Å². The van der Waals surface area contributed by atoms with E-state index in [-0.39, 0.29) is 0 Å². The van der Waals surface area contributed by atoms with E-state index in [2.05, 4.69) is 9.97 Å². The molecular formula is C11H7ClN2. The first-order chi connectivity index (χ1) is 6.84. The molecule has 2 nitrogen and oxygen atoms in total. The number of benzene rings is 1. The number of hydrogen-bond donors (Lipinski definition) is 1. The lowest BCUT2D eigenvalue weighted by Gasteiger charge is -1.90. The number of aromatic nitrogens is 2. The molecule has 0 aliphatic heterocycles. The number of halogens is 1. The van der Waals surface area contributed by atoms with Gasteiger partial charge >= 0.3 is 0 Å². The molecule has 0 unspecified atom stereocenters. The molecule has 0 aliphatic carbocycles. The van der Waals surface area contributed by atoms with Crippen molar-refractivity contribution in [1.82, 2.24) is 9.97 Å². The number of nitrogens with one attached hydrogen (secondary N) is 1. The maximum Gasteiger partial charge on any atom is 0.129 e. The zero-order valence-electron chi connectivity index (χ0n) is 7.29. The lowest BCUT2D eigenvalue weighted by Crippen LogP contribution is -1.74. The molecule has 0 bridgehead atoms. The number of rotatable bonds is 0. The summed E-state index contributed by atoms with van der Waals surface area (Å²) in [5.74, 6) is 0. The van der Waals surface area contributed by atoms with E-state index in [4.69, 9.17) is 11.6 Å². The average molecular weight is 203 g/mol. The van der Waals surface area contributed by atoms with Crippen molar-refractivity contribution in [3.8, 4) is 0 Å². The fraction of sp³-hybridized carbons (Fsp3) is 0. The molecule has 0 spiro atoms. The first kappa shape index (κ1) is 7.83. The van der Waals surface area contributed by atoms with Crippen LogP contribution in [0.15, 0.2) is 36.4 Å². The number of H-pyrrole nitrogens is 1. The van der Waals surface area contributed by atoms with Crippen LogP contribution in [0.1, 0.15) is 0 Å². The lowest BCUT2D eigenvalue weighted by atomic mass is 10.2. The zero-order valence-corrected chi connectivity index (χ0v) is 8.05. The molecule has 3 aromatic rings. The van der Waals surface area contributed by atoms with E-state index < -0.39 is 0 Å². The van der Waals surface area contributed by atoms with Crippen LogP contribution in [0.3, 0.4) is 0 Å². The van der Waals surface area contributed by atoms with E-state index in [0.717, 1.165) is 21.9 Å². The van der Waals surface area contributed by atoms with Crippen LogP contribution in [0.2, 0.25) is 5.15 Å². The van der Waals surface area contributed by atoms with Gasteiger partial charge in [-0.05, 0) is 18.2 Å². The Balaban J connectivity index is 2.58. The van der Waals surface area contributed by atoms with Crippen LogP contribution >= 0.6 is 11.6 Å². The molecule has 1 aromatic carbocycles. The summed E-state index contributed by atoms with van der Waals surface area (Å²) >= 11 is 5.85. The third-order valence-corrected chi connectivity index (χ3v) is 2.52. The number of aromatic amines is 1. The van der Waals surface area contributed by atoms with Gasteiger partial charge in [0.25, 0.3) is 0 Å². The SMILES string of the molecule is Clc1ccc2[nH]c3ccccc3c2n1. The van der Waals surface area contributed by atoms with E-state index in [9.17, 15) is 0 Å². The van der Waals surface area contributed by atoms with Crippen molar-refractivity contribution in [2.75, 3.05) is 0 Å². The van der Waals surface area contributed by atoms with Crippen molar-refractivity contribution in [1.29, 1.82) is 0 Å². The van der Waals surface area contributed by atoms with Crippen molar-refractivity contribution in [3.63, 3.8) is 0 Å². The normalized spacial score (nSPS) is 11.2. The van der Waals surface area contributed by atoms with Crippen LogP contribution in [0.4, 0.5) is 0 Å². The molecule has 1 N–H and O–H groups in total. The third kappa shape index (κ3) is 1.01. The van der Waals surface area contributed by atoms with E-state index in [1.165, 1.54) is 0 Å². The standard InChI is InChI=1S/C11H7ClN2/c12-10-6-5-9-11(14-10)7-3-1-2-4-8(7)13-9/h1-6,13H. The number of fused-ring (bicyclic) bond motifs is 3. The van der Waals surface area contributed by atoms with Gasteiger partial charge in [0.2, 0.25) is 0 Å². The maximum atomic E-state index is 5.85. The van der Waals surface area contributed by atoms with Gasteiger partial charge < -0.3 is 4.98 Å². The molecule has 0 saturated heterocycles. The third-order valence-electron chi connectivity index (χ3n) is 2.31. The number of nitrogens with zero attached hydrogens (tertiary/aromatic N) is 1. The van der Waals surface area contributed by atoms with Gasteiger partial charge in [-0.2, -0.15) is 0 Å². The summed E-state index contributed by atoms with van der Waals surface area (Å²) < 4.78 is 0. The molecule has 0 fully saturated rings. The number of pyridine rings is 1. The minimum absolute atomic E-state index is 0.530. The number of para-hydroxylation sites is 1.